The predicted octanol–water partition coefficient (Wildman–Crippen LogP) is 1.72. The molecule has 0 radical (unpaired) electrons. The minimum Gasteiger partial charge on any atom is -0.463 e. The summed E-state index contributed by atoms with van der Waals surface area (Å²) in [6, 6.07) is 0. The first-order valence-corrected chi connectivity index (χ1v) is 4.27. The van der Waals surface area contributed by atoms with Crippen LogP contribution in [0.15, 0.2) is 12.2 Å². The molecule has 0 aromatic carbocycles. The normalized spacial score (nSPS) is 11.7. The molecule has 0 atom stereocenters. The fourth-order valence-electron chi connectivity index (χ4n) is 0.584. The lowest BCUT2D eigenvalue weighted by molar-refractivity contribution is -0.137. The molecule has 0 N–H and O–H groups in total. The summed E-state index contributed by atoms with van der Waals surface area (Å²) in [5.74, 6) is -0.384. The first-order chi connectivity index (χ1) is 5.90. The molecule has 3 nitrogen and oxygen atoms in total. The summed E-state index contributed by atoms with van der Waals surface area (Å²) in [5.41, 5.74) is -0.591. The fraction of sp³-hybridized carbons (Fsp3) is 0.600. The second kappa shape index (κ2) is 4.80. The molecule has 0 rings (SSSR count). The van der Waals surface area contributed by atoms with Gasteiger partial charge in [0.15, 0.2) is 0 Å². The minimum atomic E-state index is -0.591. The Kier molecular flexibility index (Phi) is 4.38. The van der Waals surface area contributed by atoms with Gasteiger partial charge in [-0.1, -0.05) is 6.08 Å². The number of carbonyl (C=O) groups is 2. The number of carbonyl (C=O) groups excluding carboxylic acids is 2. The number of rotatable bonds is 4. The number of esters is 1. The van der Waals surface area contributed by atoms with E-state index in [9.17, 15) is 9.59 Å². The van der Waals surface area contributed by atoms with E-state index in [2.05, 4.69) is 4.74 Å². The highest BCUT2D eigenvalue weighted by Crippen LogP contribution is 2.17. The Labute approximate surface area is 78.8 Å². The van der Waals surface area contributed by atoms with Crippen LogP contribution in [0.2, 0.25) is 0 Å². The van der Waals surface area contributed by atoms with E-state index in [1.54, 1.807) is 26.8 Å². The van der Waals surface area contributed by atoms with E-state index >= 15 is 0 Å². The molecule has 0 heterocycles. The molecular weight excluding hydrogens is 168 g/mol. The van der Waals surface area contributed by atoms with Crippen molar-refractivity contribution in [3.8, 4) is 0 Å². The lowest BCUT2D eigenvalue weighted by Gasteiger charge is -2.14. The maximum absolute atomic E-state index is 11.0. The predicted molar refractivity (Wildman–Crippen MR) is 50.2 cm³/mol. The van der Waals surface area contributed by atoms with Gasteiger partial charge in [0.2, 0.25) is 0 Å². The van der Waals surface area contributed by atoms with Crippen LogP contribution in [0.1, 0.15) is 27.7 Å². The molecule has 0 spiro atoms. The molecule has 0 saturated heterocycles. The third kappa shape index (κ3) is 4.45. The Hall–Kier alpha value is -1.12. The van der Waals surface area contributed by atoms with E-state index in [-0.39, 0.29) is 5.78 Å². The smallest absolute Gasteiger partial charge is 0.330 e. The number of hydrogen-bond acceptors (Lipinski definition) is 3. The number of ether oxygens (including phenoxy) is 1. The molecule has 0 amide bonds. The van der Waals surface area contributed by atoms with Crippen LogP contribution >= 0.6 is 0 Å². The van der Waals surface area contributed by atoms with Gasteiger partial charge >= 0.3 is 5.97 Å². The number of ketones is 1. The summed E-state index contributed by atoms with van der Waals surface area (Å²) >= 11 is 0. The molecule has 0 aliphatic heterocycles. The van der Waals surface area contributed by atoms with Crippen molar-refractivity contribution in [3.63, 3.8) is 0 Å². The summed E-state index contributed by atoms with van der Waals surface area (Å²) in [6.07, 6.45) is 2.86. The zero-order valence-electron chi connectivity index (χ0n) is 8.59. The topological polar surface area (TPSA) is 43.4 Å². The second-order valence-electron chi connectivity index (χ2n) is 3.36. The summed E-state index contributed by atoms with van der Waals surface area (Å²) in [7, 11) is 0. The SMILES string of the molecule is CCOC(=O)/C=C/C(C)(C)C(C)=O. The molecule has 74 valence electrons. The van der Waals surface area contributed by atoms with Crippen molar-refractivity contribution in [1.82, 2.24) is 0 Å². The maximum Gasteiger partial charge on any atom is 0.330 e. The van der Waals surface area contributed by atoms with E-state index in [1.165, 1.54) is 13.0 Å². The molecule has 0 aliphatic rings. The van der Waals surface area contributed by atoms with Crippen molar-refractivity contribution < 1.29 is 14.3 Å². The van der Waals surface area contributed by atoms with Crippen molar-refractivity contribution in [2.24, 2.45) is 5.41 Å². The van der Waals surface area contributed by atoms with Gasteiger partial charge in [-0.15, -0.1) is 0 Å². The van der Waals surface area contributed by atoms with Crippen LogP contribution in [0.3, 0.4) is 0 Å². The highest BCUT2D eigenvalue weighted by molar-refractivity contribution is 5.87. The quantitative estimate of drug-likeness (QED) is 0.493. The highest BCUT2D eigenvalue weighted by atomic mass is 16.5. The molecule has 3 heteroatoms. The standard InChI is InChI=1S/C10H16O3/c1-5-13-9(12)6-7-10(3,4)8(2)11/h6-7H,5H2,1-4H3/b7-6+. The minimum absolute atomic E-state index is 0.0213. The summed E-state index contributed by atoms with van der Waals surface area (Å²) in [5, 5.41) is 0. The summed E-state index contributed by atoms with van der Waals surface area (Å²) in [4.78, 5) is 21.9. The van der Waals surface area contributed by atoms with Gasteiger partial charge < -0.3 is 4.74 Å². The summed E-state index contributed by atoms with van der Waals surface area (Å²) in [6.45, 7) is 7.09. The third-order valence-corrected chi connectivity index (χ3v) is 1.83. The van der Waals surface area contributed by atoms with E-state index in [0.29, 0.717) is 6.61 Å². The lowest BCUT2D eigenvalue weighted by atomic mass is 9.89. The van der Waals surface area contributed by atoms with Gasteiger partial charge in [0, 0.05) is 11.5 Å². The molecule has 0 aromatic rings. The van der Waals surface area contributed by atoms with Crippen LogP contribution in [0.4, 0.5) is 0 Å². The maximum atomic E-state index is 11.0. The van der Waals surface area contributed by atoms with Gasteiger partial charge in [0.05, 0.1) is 6.61 Å². The largest absolute Gasteiger partial charge is 0.463 e. The van der Waals surface area contributed by atoms with Crippen molar-refractivity contribution >= 4 is 11.8 Å². The molecule has 0 unspecified atom stereocenters. The third-order valence-electron chi connectivity index (χ3n) is 1.83. The fourth-order valence-corrected chi connectivity index (χ4v) is 0.584. The van der Waals surface area contributed by atoms with Crippen molar-refractivity contribution in [2.75, 3.05) is 6.61 Å². The first-order valence-electron chi connectivity index (χ1n) is 4.27. The van der Waals surface area contributed by atoms with E-state index in [1.807, 2.05) is 0 Å². The lowest BCUT2D eigenvalue weighted by Crippen LogP contribution is -2.18. The van der Waals surface area contributed by atoms with E-state index in [4.69, 9.17) is 0 Å². The molecule has 13 heavy (non-hydrogen) atoms. The van der Waals surface area contributed by atoms with E-state index < -0.39 is 11.4 Å². The Balaban J connectivity index is 4.25. The average molecular weight is 184 g/mol. The van der Waals surface area contributed by atoms with Crippen molar-refractivity contribution in [2.45, 2.75) is 27.7 Å². The Morgan fingerprint density at radius 1 is 1.38 bits per heavy atom. The molecule has 0 aromatic heterocycles. The van der Waals surface area contributed by atoms with Gasteiger partial charge in [-0.25, -0.2) is 4.79 Å². The molecule has 0 fully saturated rings. The number of allylic oxidation sites excluding steroid dienone is 1. The van der Waals surface area contributed by atoms with Gasteiger partial charge in [0.25, 0.3) is 0 Å². The average Bonchev–Trinajstić information content (AvgIpc) is 2.01. The monoisotopic (exact) mass is 184 g/mol. The summed E-state index contributed by atoms with van der Waals surface area (Å²) < 4.78 is 4.68. The molecular formula is C10H16O3. The van der Waals surface area contributed by atoms with Crippen LogP contribution in [-0.4, -0.2) is 18.4 Å². The van der Waals surface area contributed by atoms with Crippen molar-refractivity contribution in [1.29, 1.82) is 0 Å². The molecule has 0 bridgehead atoms. The van der Waals surface area contributed by atoms with Gasteiger partial charge in [-0.05, 0) is 27.7 Å². The van der Waals surface area contributed by atoms with Crippen LogP contribution in [0, 0.1) is 5.41 Å². The molecule has 0 saturated carbocycles. The van der Waals surface area contributed by atoms with Crippen molar-refractivity contribution in [3.05, 3.63) is 12.2 Å². The zero-order valence-corrected chi connectivity index (χ0v) is 8.59. The number of Topliss-reactive ketones (excluding diaryl/α,β-unsaturated/α-hetero) is 1. The van der Waals surface area contributed by atoms with Gasteiger partial charge in [-0.2, -0.15) is 0 Å². The van der Waals surface area contributed by atoms with Gasteiger partial charge in [0.1, 0.15) is 5.78 Å². The van der Waals surface area contributed by atoms with Crippen LogP contribution in [0.25, 0.3) is 0 Å². The Morgan fingerprint density at radius 2 is 1.92 bits per heavy atom. The number of hydrogen-bond donors (Lipinski definition) is 0. The van der Waals surface area contributed by atoms with Gasteiger partial charge in [-0.3, -0.25) is 4.79 Å². The zero-order chi connectivity index (χ0) is 10.5. The second-order valence-corrected chi connectivity index (χ2v) is 3.36. The first kappa shape index (κ1) is 11.9. The van der Waals surface area contributed by atoms with E-state index in [0.717, 1.165) is 0 Å². The Morgan fingerprint density at radius 3 is 2.31 bits per heavy atom. The van der Waals surface area contributed by atoms with Crippen LogP contribution in [-0.2, 0) is 14.3 Å². The highest BCUT2D eigenvalue weighted by Gasteiger charge is 2.19. The molecule has 0 aliphatic carbocycles. The van der Waals surface area contributed by atoms with Crippen LogP contribution < -0.4 is 0 Å². The van der Waals surface area contributed by atoms with Crippen LogP contribution in [0.5, 0.6) is 0 Å². The Bertz CT molecular complexity index is 226.